The predicted octanol–water partition coefficient (Wildman–Crippen LogP) is 4.69. The van der Waals surface area contributed by atoms with Crippen LogP contribution in [0.1, 0.15) is 57.4 Å². The third-order valence-corrected chi connectivity index (χ3v) is 6.99. The van der Waals surface area contributed by atoms with Crippen molar-refractivity contribution in [2.45, 2.75) is 63.2 Å². The maximum atomic E-state index is 12.4. The van der Waals surface area contributed by atoms with Crippen LogP contribution in [0, 0.1) is 0 Å². The van der Waals surface area contributed by atoms with Crippen molar-refractivity contribution in [1.29, 1.82) is 0 Å². The summed E-state index contributed by atoms with van der Waals surface area (Å²) in [7, 11) is 0. The van der Waals surface area contributed by atoms with Gasteiger partial charge in [0.15, 0.2) is 0 Å². The van der Waals surface area contributed by atoms with Crippen LogP contribution in [-0.4, -0.2) is 17.3 Å². The van der Waals surface area contributed by atoms with Gasteiger partial charge < -0.3 is 4.74 Å². The minimum Gasteiger partial charge on any atom is -0.458 e. The number of hydrogen-bond donors (Lipinski definition) is 0. The van der Waals surface area contributed by atoms with Crippen LogP contribution < -0.4 is 10.4 Å². The molecule has 2 nitrogen and oxygen atoms in total. The van der Waals surface area contributed by atoms with Gasteiger partial charge in [0.25, 0.3) is 0 Å². The molecule has 2 aliphatic rings. The van der Waals surface area contributed by atoms with E-state index in [1.807, 2.05) is 0 Å². The molecule has 4 rings (SSSR count). The number of carbonyl (C=O) groups is 1. The molecule has 0 heterocycles. The molecule has 0 spiro atoms. The van der Waals surface area contributed by atoms with Gasteiger partial charge in [-0.25, -0.2) is 0 Å². The second kappa shape index (κ2) is 8.10. The van der Waals surface area contributed by atoms with Crippen LogP contribution in [0.4, 0.5) is 0 Å². The lowest BCUT2D eigenvalue weighted by molar-refractivity contribution is -0.156. The Morgan fingerprint density at radius 1 is 1.11 bits per heavy atom. The summed E-state index contributed by atoms with van der Waals surface area (Å²) in [5, 5.41) is 5.29. The highest BCUT2D eigenvalue weighted by Gasteiger charge is 2.35. The molecule has 2 aromatic rings. The lowest BCUT2D eigenvalue weighted by atomic mass is 9.99. The molecule has 0 bridgehead atoms. The first-order valence-electron chi connectivity index (χ1n) is 10.2. The van der Waals surface area contributed by atoms with E-state index in [9.17, 15) is 4.79 Å². The van der Waals surface area contributed by atoms with Crippen LogP contribution >= 0.6 is 11.8 Å². The van der Waals surface area contributed by atoms with E-state index < -0.39 is 0 Å². The lowest BCUT2D eigenvalue weighted by Gasteiger charge is -2.27. The molecule has 0 aliphatic heterocycles. The van der Waals surface area contributed by atoms with Crippen LogP contribution in [0.5, 0.6) is 0 Å². The zero-order chi connectivity index (χ0) is 18.7. The fourth-order valence-electron chi connectivity index (χ4n) is 4.44. The number of benzene rings is 2. The molecule has 0 saturated heterocycles. The summed E-state index contributed by atoms with van der Waals surface area (Å²) in [5.41, 5.74) is 1.13. The molecule has 27 heavy (non-hydrogen) atoms. The van der Waals surface area contributed by atoms with Gasteiger partial charge >= 0.3 is 5.97 Å². The first-order chi connectivity index (χ1) is 13.2. The highest BCUT2D eigenvalue weighted by atomic mass is 32.2. The van der Waals surface area contributed by atoms with Crippen LogP contribution in [-0.2, 0) is 15.3 Å². The summed E-state index contributed by atoms with van der Waals surface area (Å²) in [5.74, 6) is 1.22. The number of rotatable bonds is 6. The van der Waals surface area contributed by atoms with Gasteiger partial charge in [-0.1, -0.05) is 37.3 Å². The summed E-state index contributed by atoms with van der Waals surface area (Å²) in [6, 6.07) is 11.1. The summed E-state index contributed by atoms with van der Waals surface area (Å²) in [6.45, 7) is 2.14. The molecule has 0 N–H and O–H groups in total. The van der Waals surface area contributed by atoms with Crippen molar-refractivity contribution in [3.8, 4) is 0 Å². The second-order valence-electron chi connectivity index (χ2n) is 7.82. The molecule has 2 aromatic carbocycles. The molecule has 0 aromatic heterocycles. The number of carbonyl (C=O) groups excluding carboxylic acids is 1. The molecule has 2 aliphatic carbocycles. The standard InChI is InChI=1S/C24H28O2S/c1-2-24(12-5-6-13-24)26-23(25)17-27-16-21-11-7-10-20-14-18-8-3-4-9-19(18)15-22(20)21/h7-11,14-15H,2-6,12-13,16-17H2,1H3. The number of esters is 1. The largest absolute Gasteiger partial charge is 0.458 e. The highest BCUT2D eigenvalue weighted by molar-refractivity contribution is 7.99. The summed E-state index contributed by atoms with van der Waals surface area (Å²) in [4.78, 5) is 12.4. The topological polar surface area (TPSA) is 26.3 Å². The van der Waals surface area contributed by atoms with Crippen molar-refractivity contribution in [2.75, 3.05) is 5.75 Å². The van der Waals surface area contributed by atoms with Crippen molar-refractivity contribution in [1.82, 2.24) is 0 Å². The van der Waals surface area contributed by atoms with Crippen molar-refractivity contribution in [3.05, 3.63) is 46.3 Å². The molecule has 0 atom stereocenters. The summed E-state index contributed by atoms with van der Waals surface area (Å²) >= 11 is 1.67. The smallest absolute Gasteiger partial charge is 0.316 e. The molecule has 0 unspecified atom stereocenters. The Labute approximate surface area is 165 Å². The number of thioether (sulfide) groups is 1. The maximum absolute atomic E-state index is 12.4. The van der Waals surface area contributed by atoms with Crippen LogP contribution in [0.3, 0.4) is 0 Å². The number of hydrogen-bond acceptors (Lipinski definition) is 3. The predicted molar refractivity (Wildman–Crippen MR) is 115 cm³/mol. The summed E-state index contributed by atoms with van der Waals surface area (Å²) < 4.78 is 5.88. The van der Waals surface area contributed by atoms with E-state index in [0.717, 1.165) is 37.9 Å². The average Bonchev–Trinajstić information content (AvgIpc) is 3.15. The molecule has 1 saturated carbocycles. The minimum atomic E-state index is -0.178. The Bertz CT molecular complexity index is 954. The average molecular weight is 381 g/mol. The molecule has 142 valence electrons. The first-order valence-corrected chi connectivity index (χ1v) is 11.4. The van der Waals surface area contributed by atoms with E-state index in [0.29, 0.717) is 5.75 Å². The van der Waals surface area contributed by atoms with Crippen molar-refractivity contribution < 1.29 is 9.53 Å². The van der Waals surface area contributed by atoms with Gasteiger partial charge in [-0.2, -0.15) is 0 Å². The van der Waals surface area contributed by atoms with Crippen LogP contribution in [0.15, 0.2) is 30.3 Å². The van der Waals surface area contributed by atoms with Gasteiger partial charge in [-0.15, -0.1) is 11.8 Å². The Morgan fingerprint density at radius 2 is 1.85 bits per heavy atom. The molecule has 0 amide bonds. The fourth-order valence-corrected chi connectivity index (χ4v) is 5.24. The Hall–Kier alpha value is -1.74. The van der Waals surface area contributed by atoms with Gasteiger partial charge in [0.05, 0.1) is 5.75 Å². The maximum Gasteiger partial charge on any atom is 0.316 e. The zero-order valence-electron chi connectivity index (χ0n) is 16.1. The van der Waals surface area contributed by atoms with E-state index in [2.05, 4.69) is 49.4 Å². The third kappa shape index (κ3) is 4.08. The van der Waals surface area contributed by atoms with Crippen LogP contribution in [0.2, 0.25) is 0 Å². The third-order valence-electron chi connectivity index (χ3n) is 6.04. The molecular weight excluding hydrogens is 352 g/mol. The lowest BCUT2D eigenvalue weighted by Crippen LogP contribution is -2.31. The Morgan fingerprint density at radius 3 is 2.59 bits per heavy atom. The van der Waals surface area contributed by atoms with Crippen molar-refractivity contribution in [3.63, 3.8) is 0 Å². The van der Waals surface area contributed by atoms with Crippen molar-refractivity contribution in [2.24, 2.45) is 0 Å². The highest BCUT2D eigenvalue weighted by Crippen LogP contribution is 2.36. The minimum absolute atomic E-state index is 0.0516. The molecule has 0 radical (unpaired) electrons. The van der Waals surface area contributed by atoms with E-state index in [1.165, 1.54) is 39.6 Å². The quantitative estimate of drug-likeness (QED) is 0.680. The monoisotopic (exact) mass is 380 g/mol. The number of ether oxygens (including phenoxy) is 1. The molecule has 1 fully saturated rings. The molecular formula is C24H28O2S. The van der Waals surface area contributed by atoms with E-state index >= 15 is 0 Å². The zero-order valence-corrected chi connectivity index (χ0v) is 16.9. The van der Waals surface area contributed by atoms with Gasteiger partial charge in [0, 0.05) is 5.75 Å². The molecule has 3 heteroatoms. The van der Waals surface area contributed by atoms with Crippen molar-refractivity contribution >= 4 is 40.7 Å². The SMILES string of the molecule is CCC1(OC(=O)CSCc2cccc3cc4c(cc23)=CCCC=4)CCCC1. The van der Waals surface area contributed by atoms with E-state index in [1.54, 1.807) is 11.8 Å². The Kier molecular flexibility index (Phi) is 5.58. The van der Waals surface area contributed by atoms with E-state index in [4.69, 9.17) is 4.74 Å². The van der Waals surface area contributed by atoms with Gasteiger partial charge in [-0.05, 0) is 83.9 Å². The van der Waals surface area contributed by atoms with Gasteiger partial charge in [0.1, 0.15) is 5.60 Å². The second-order valence-corrected chi connectivity index (χ2v) is 8.80. The van der Waals surface area contributed by atoms with Gasteiger partial charge in [0.2, 0.25) is 0 Å². The van der Waals surface area contributed by atoms with E-state index in [-0.39, 0.29) is 11.6 Å². The van der Waals surface area contributed by atoms with Crippen LogP contribution in [0.25, 0.3) is 22.9 Å². The summed E-state index contributed by atoms with van der Waals surface area (Å²) in [6.07, 6.45) is 12.3. The normalized spacial score (nSPS) is 17.8. The number of fused-ring (bicyclic) bond motifs is 2. The fraction of sp³-hybridized carbons (Fsp3) is 0.458. The van der Waals surface area contributed by atoms with Gasteiger partial charge in [-0.3, -0.25) is 4.79 Å². The Balaban J connectivity index is 1.44. The first kappa shape index (κ1) is 18.6.